The molecule has 14 heteroatoms. The van der Waals surface area contributed by atoms with Crippen molar-refractivity contribution in [1.29, 1.82) is 0 Å². The molecule has 2 N–H and O–H groups in total. The van der Waals surface area contributed by atoms with E-state index in [1.165, 1.54) is 0 Å². The summed E-state index contributed by atoms with van der Waals surface area (Å²) in [6, 6.07) is 28.6. The van der Waals surface area contributed by atoms with Gasteiger partial charge >= 0.3 is 19.1 Å². The van der Waals surface area contributed by atoms with Crippen LogP contribution in [0.25, 0.3) is 11.4 Å². The molecule has 1 aromatic heterocycles. The van der Waals surface area contributed by atoms with Gasteiger partial charge in [-0.25, -0.2) is 19.6 Å². The third kappa shape index (κ3) is 16.4. The van der Waals surface area contributed by atoms with Crippen molar-refractivity contribution in [3.8, 4) is 11.4 Å². The lowest BCUT2D eigenvalue weighted by Gasteiger charge is -2.32. The van der Waals surface area contributed by atoms with Gasteiger partial charge in [-0.3, -0.25) is 9.59 Å². The number of ether oxygens (including phenoxy) is 2. The molecule has 5 aromatic rings. The highest BCUT2D eigenvalue weighted by Crippen LogP contribution is 2.36. The van der Waals surface area contributed by atoms with Gasteiger partial charge in [0.15, 0.2) is 5.82 Å². The molecule has 72 heavy (non-hydrogen) atoms. The van der Waals surface area contributed by atoms with Gasteiger partial charge in [0.2, 0.25) is 0 Å². The molecule has 0 spiro atoms. The molecule has 2 atom stereocenters. The molecule has 1 saturated heterocycles. The van der Waals surface area contributed by atoms with Crippen molar-refractivity contribution < 1.29 is 38.0 Å². The SMILES string of the molecule is CC(C)(C)OC(=O)[C@H](Cc1ccc(-c2ncc(Br)cn2)cc1)NC(=O)c1ccc(C(C)(C)C)cc1.CC(C)(C)OC(=O)[C@H](Cc1ccc(B2OC(C)(C)C(C)(C)O2)cc1)NC(=O)c1ccc(C(C)(C)C)cc1. The number of amides is 2. The normalized spacial score (nSPS) is 15.3. The number of nitrogens with zero attached hydrogens (tertiary/aromatic N) is 2. The van der Waals surface area contributed by atoms with Crippen molar-refractivity contribution >= 4 is 52.3 Å². The molecule has 2 heterocycles. The van der Waals surface area contributed by atoms with Crippen molar-refractivity contribution in [2.45, 2.75) is 169 Å². The zero-order valence-corrected chi connectivity index (χ0v) is 46.7. The molecule has 1 fully saturated rings. The lowest BCUT2D eigenvalue weighted by atomic mass is 9.78. The summed E-state index contributed by atoms with van der Waals surface area (Å²) in [6.07, 6.45) is 3.98. The summed E-state index contributed by atoms with van der Waals surface area (Å²) in [5, 5.41) is 5.76. The Bertz CT molecular complexity index is 2630. The highest BCUT2D eigenvalue weighted by Gasteiger charge is 2.51. The van der Waals surface area contributed by atoms with Crippen LogP contribution in [0.2, 0.25) is 0 Å². The second kappa shape index (κ2) is 22.6. The molecule has 1 aliphatic rings. The lowest BCUT2D eigenvalue weighted by molar-refractivity contribution is -0.158. The van der Waals surface area contributed by atoms with Gasteiger partial charge in [-0.1, -0.05) is 114 Å². The van der Waals surface area contributed by atoms with Gasteiger partial charge in [0.1, 0.15) is 23.3 Å². The van der Waals surface area contributed by atoms with Gasteiger partial charge < -0.3 is 29.4 Å². The first kappa shape index (κ1) is 57.2. The quantitative estimate of drug-likeness (QED) is 0.0911. The summed E-state index contributed by atoms with van der Waals surface area (Å²) in [4.78, 5) is 60.7. The summed E-state index contributed by atoms with van der Waals surface area (Å²) in [5.41, 5.74) is 4.57. The molecule has 0 unspecified atom stereocenters. The van der Waals surface area contributed by atoms with E-state index in [9.17, 15) is 19.2 Å². The first-order valence-electron chi connectivity index (χ1n) is 24.5. The van der Waals surface area contributed by atoms with E-state index >= 15 is 0 Å². The lowest BCUT2D eigenvalue weighted by Crippen LogP contribution is -2.45. The molecule has 2 amide bonds. The van der Waals surface area contributed by atoms with Gasteiger partial charge in [0, 0.05) is 41.9 Å². The van der Waals surface area contributed by atoms with Gasteiger partial charge in [-0.15, -0.1) is 0 Å². The summed E-state index contributed by atoms with van der Waals surface area (Å²) in [5.74, 6) is -0.971. The number of benzene rings is 4. The third-order valence-electron chi connectivity index (χ3n) is 12.2. The molecular weight excluding hydrogens is 971 g/mol. The Kier molecular flexibility index (Phi) is 18.0. The molecule has 1 aliphatic heterocycles. The Labute approximate surface area is 436 Å². The second-order valence-electron chi connectivity index (χ2n) is 23.4. The largest absolute Gasteiger partial charge is 0.494 e. The first-order valence-corrected chi connectivity index (χ1v) is 25.3. The van der Waals surface area contributed by atoms with E-state index in [-0.39, 0.29) is 22.6 Å². The standard InChI is InChI=1S/C30H42BNO5.C28H32BrN3O3/c1-27(2,3)22-15-13-21(14-16-22)25(33)32-24(26(34)35-28(4,5)6)19-20-11-17-23(18-12-20)31-36-29(7,8)30(9,10)37-31;1-27(2,3)21-13-11-20(12-14-21)25(33)32-23(26(34)35-28(4,5)6)15-18-7-9-19(10-8-18)24-30-16-22(29)17-31-24/h11-18,24H,19H2,1-10H3,(H,32,33);7-14,16-17,23H,15H2,1-6H3,(H,32,33)/t24-;23-/m00/s1. The Balaban J connectivity index is 0.000000268. The third-order valence-corrected chi connectivity index (χ3v) is 12.6. The highest BCUT2D eigenvalue weighted by atomic mass is 79.9. The van der Waals surface area contributed by atoms with Crippen LogP contribution in [-0.4, -0.2) is 75.3 Å². The van der Waals surface area contributed by atoms with E-state index in [1.807, 2.05) is 142 Å². The smallest absolute Gasteiger partial charge is 0.458 e. The minimum Gasteiger partial charge on any atom is -0.458 e. The number of carbonyl (C=O) groups is 4. The maximum absolute atomic E-state index is 13.1. The number of hydrogen-bond acceptors (Lipinski definition) is 10. The first-order chi connectivity index (χ1) is 33.2. The summed E-state index contributed by atoms with van der Waals surface area (Å²) in [6.45, 7) is 31.7. The van der Waals surface area contributed by atoms with E-state index in [4.69, 9.17) is 18.8 Å². The van der Waals surface area contributed by atoms with Gasteiger partial charge in [-0.05, 0) is 148 Å². The number of halogens is 1. The molecule has 384 valence electrons. The molecule has 12 nitrogen and oxygen atoms in total. The fraction of sp³-hybridized carbons (Fsp3) is 0.448. The zero-order chi connectivity index (χ0) is 53.6. The molecule has 0 saturated carbocycles. The predicted molar refractivity (Wildman–Crippen MR) is 289 cm³/mol. The molecule has 6 rings (SSSR count). The topological polar surface area (TPSA) is 155 Å². The summed E-state index contributed by atoms with van der Waals surface area (Å²) >= 11 is 3.34. The van der Waals surface area contributed by atoms with Crippen molar-refractivity contribution in [3.05, 3.63) is 147 Å². The number of hydrogen-bond donors (Lipinski definition) is 2. The Morgan fingerprint density at radius 3 is 1.24 bits per heavy atom. The van der Waals surface area contributed by atoms with Crippen LogP contribution in [0, 0.1) is 0 Å². The fourth-order valence-corrected chi connectivity index (χ4v) is 7.58. The monoisotopic (exact) mass is 1040 g/mol. The maximum atomic E-state index is 13.1. The number of nitrogens with one attached hydrogen (secondary N) is 2. The van der Waals surface area contributed by atoms with E-state index in [2.05, 4.69) is 78.1 Å². The Morgan fingerprint density at radius 2 is 0.903 bits per heavy atom. The van der Waals surface area contributed by atoms with E-state index in [0.29, 0.717) is 29.8 Å². The van der Waals surface area contributed by atoms with E-state index in [1.54, 1.807) is 36.7 Å². The van der Waals surface area contributed by atoms with Crippen molar-refractivity contribution in [3.63, 3.8) is 0 Å². The summed E-state index contributed by atoms with van der Waals surface area (Å²) < 4.78 is 24.3. The number of rotatable bonds is 12. The maximum Gasteiger partial charge on any atom is 0.494 e. The van der Waals surface area contributed by atoms with Crippen LogP contribution < -0.4 is 16.1 Å². The van der Waals surface area contributed by atoms with Crippen LogP contribution in [0.4, 0.5) is 0 Å². The van der Waals surface area contributed by atoms with Crippen molar-refractivity contribution in [2.75, 3.05) is 0 Å². The predicted octanol–water partition coefficient (Wildman–Crippen LogP) is 10.9. The zero-order valence-electron chi connectivity index (χ0n) is 45.1. The average molecular weight is 1050 g/mol. The van der Waals surface area contributed by atoms with Crippen molar-refractivity contribution in [1.82, 2.24) is 20.6 Å². The summed E-state index contributed by atoms with van der Waals surface area (Å²) in [7, 11) is -0.462. The molecule has 4 aromatic carbocycles. The molecular formula is C58H74BBrN4O8. The van der Waals surface area contributed by atoms with E-state index < -0.39 is 53.5 Å². The van der Waals surface area contributed by atoms with Gasteiger partial charge in [0.25, 0.3) is 11.8 Å². The average Bonchev–Trinajstić information content (AvgIpc) is 3.50. The fourth-order valence-electron chi connectivity index (χ4n) is 7.37. The van der Waals surface area contributed by atoms with Crippen LogP contribution in [0.3, 0.4) is 0 Å². The molecule has 0 radical (unpaired) electrons. The second-order valence-corrected chi connectivity index (χ2v) is 24.3. The molecule has 0 aliphatic carbocycles. The van der Waals surface area contributed by atoms with Crippen LogP contribution in [0.5, 0.6) is 0 Å². The van der Waals surface area contributed by atoms with Crippen LogP contribution in [0.1, 0.15) is 154 Å². The minimum atomic E-state index is -0.836. The van der Waals surface area contributed by atoms with Crippen LogP contribution in [-0.2, 0) is 52.0 Å². The highest BCUT2D eigenvalue weighted by molar-refractivity contribution is 9.10. The van der Waals surface area contributed by atoms with Gasteiger partial charge in [-0.2, -0.15) is 0 Å². The number of carbonyl (C=O) groups excluding carboxylic acids is 4. The Morgan fingerprint density at radius 1 is 0.556 bits per heavy atom. The Hall–Kier alpha value is -5.70. The van der Waals surface area contributed by atoms with Crippen molar-refractivity contribution in [2.24, 2.45) is 0 Å². The number of aromatic nitrogens is 2. The molecule has 0 bridgehead atoms. The van der Waals surface area contributed by atoms with E-state index in [0.717, 1.165) is 37.8 Å². The minimum absolute atomic E-state index is 0.0124. The van der Waals surface area contributed by atoms with Crippen LogP contribution in [0.15, 0.2) is 114 Å². The van der Waals surface area contributed by atoms with Gasteiger partial charge in [0.05, 0.1) is 15.7 Å². The van der Waals surface area contributed by atoms with Crippen LogP contribution >= 0.6 is 15.9 Å². The number of esters is 2.